The van der Waals surface area contributed by atoms with E-state index in [-0.39, 0.29) is 23.3 Å². The van der Waals surface area contributed by atoms with Gasteiger partial charge >= 0.3 is 0 Å². The molecule has 2 fully saturated rings. The van der Waals surface area contributed by atoms with Crippen LogP contribution in [0.3, 0.4) is 0 Å². The molecule has 1 saturated heterocycles. The molecule has 0 radical (unpaired) electrons. The highest BCUT2D eigenvalue weighted by Gasteiger charge is 2.50. The van der Waals surface area contributed by atoms with Crippen LogP contribution in [0.15, 0.2) is 12.3 Å². The van der Waals surface area contributed by atoms with Crippen molar-refractivity contribution < 1.29 is 14.3 Å². The summed E-state index contributed by atoms with van der Waals surface area (Å²) in [5, 5.41) is 7.34. The van der Waals surface area contributed by atoms with Gasteiger partial charge in [-0.25, -0.2) is 0 Å². The van der Waals surface area contributed by atoms with Crippen molar-refractivity contribution in [2.24, 2.45) is 5.41 Å². The standard InChI is InChI=1S/C18H28N4O3/c1-3-21-10-7-14(20-21)17(24)19-13-18-8-4-5-15(18)22(11-12-25-2)16(23)6-9-18/h7,10,15H,3-6,8-9,11-13H2,1-2H3,(H,19,24)/t15-,18+/m1/s1. The van der Waals surface area contributed by atoms with E-state index >= 15 is 0 Å². The first kappa shape index (κ1) is 17.9. The highest BCUT2D eigenvalue weighted by atomic mass is 16.5. The lowest BCUT2D eigenvalue weighted by molar-refractivity contribution is -0.142. The summed E-state index contributed by atoms with van der Waals surface area (Å²) in [6.07, 6.45) is 6.39. The van der Waals surface area contributed by atoms with Gasteiger partial charge in [-0.15, -0.1) is 0 Å². The number of piperidine rings is 1. The fourth-order valence-electron chi connectivity index (χ4n) is 4.34. The van der Waals surface area contributed by atoms with Crippen LogP contribution in [0.2, 0.25) is 0 Å². The van der Waals surface area contributed by atoms with Crippen molar-refractivity contribution >= 4 is 11.8 Å². The molecule has 1 N–H and O–H groups in total. The molecule has 1 aromatic rings. The largest absolute Gasteiger partial charge is 0.383 e. The number of likely N-dealkylation sites (tertiary alicyclic amines) is 1. The Morgan fingerprint density at radius 3 is 3.04 bits per heavy atom. The van der Waals surface area contributed by atoms with E-state index in [1.165, 1.54) is 0 Å². The predicted octanol–water partition coefficient (Wildman–Crippen LogP) is 1.44. The topological polar surface area (TPSA) is 76.5 Å². The number of ether oxygens (including phenoxy) is 1. The van der Waals surface area contributed by atoms with Crippen molar-refractivity contribution in [2.75, 3.05) is 26.8 Å². The molecule has 138 valence electrons. The normalized spacial score (nSPS) is 25.9. The van der Waals surface area contributed by atoms with Gasteiger partial charge in [0.05, 0.1) is 6.61 Å². The summed E-state index contributed by atoms with van der Waals surface area (Å²) in [5.41, 5.74) is 0.445. The predicted molar refractivity (Wildman–Crippen MR) is 93.1 cm³/mol. The maximum absolute atomic E-state index is 12.4. The molecule has 25 heavy (non-hydrogen) atoms. The van der Waals surface area contributed by atoms with Crippen LogP contribution in [0.5, 0.6) is 0 Å². The van der Waals surface area contributed by atoms with Gasteiger partial charge in [0.25, 0.3) is 5.91 Å². The number of hydrogen-bond donors (Lipinski definition) is 1. The lowest BCUT2D eigenvalue weighted by Gasteiger charge is -2.46. The van der Waals surface area contributed by atoms with Crippen molar-refractivity contribution in [3.05, 3.63) is 18.0 Å². The number of rotatable bonds is 7. The Morgan fingerprint density at radius 1 is 1.48 bits per heavy atom. The molecule has 7 nitrogen and oxygen atoms in total. The summed E-state index contributed by atoms with van der Waals surface area (Å²) in [6.45, 7) is 4.53. The van der Waals surface area contributed by atoms with E-state index in [2.05, 4.69) is 10.4 Å². The third kappa shape index (κ3) is 3.56. The minimum Gasteiger partial charge on any atom is -0.383 e. The second-order valence-electron chi connectivity index (χ2n) is 7.09. The van der Waals surface area contributed by atoms with Crippen LogP contribution in [-0.2, 0) is 16.1 Å². The van der Waals surface area contributed by atoms with E-state index in [0.717, 1.165) is 32.2 Å². The van der Waals surface area contributed by atoms with E-state index in [1.54, 1.807) is 17.9 Å². The molecular formula is C18H28N4O3. The number of carbonyl (C=O) groups is 2. The van der Waals surface area contributed by atoms with Crippen molar-refractivity contribution in [1.82, 2.24) is 20.0 Å². The molecule has 7 heteroatoms. The molecule has 3 rings (SSSR count). The summed E-state index contributed by atoms with van der Waals surface area (Å²) in [6, 6.07) is 1.95. The molecule has 2 aliphatic rings. The van der Waals surface area contributed by atoms with Crippen LogP contribution in [0.1, 0.15) is 49.5 Å². The highest BCUT2D eigenvalue weighted by molar-refractivity contribution is 5.92. The molecule has 2 heterocycles. The van der Waals surface area contributed by atoms with E-state index < -0.39 is 0 Å². The Kier molecular flexibility index (Phi) is 5.42. The molecule has 0 spiro atoms. The zero-order valence-electron chi connectivity index (χ0n) is 15.2. The number of methoxy groups -OCH3 is 1. The molecular weight excluding hydrogens is 320 g/mol. The molecule has 1 aliphatic carbocycles. The highest BCUT2D eigenvalue weighted by Crippen LogP contribution is 2.47. The Balaban J connectivity index is 1.67. The van der Waals surface area contributed by atoms with Gasteiger partial charge in [0.1, 0.15) is 5.69 Å². The number of carbonyl (C=O) groups excluding carboxylic acids is 2. The van der Waals surface area contributed by atoms with Crippen LogP contribution in [0, 0.1) is 5.41 Å². The minimum absolute atomic E-state index is 0.00929. The Bertz CT molecular complexity index is 630. The summed E-state index contributed by atoms with van der Waals surface area (Å²) < 4.78 is 6.92. The number of nitrogens with zero attached hydrogens (tertiary/aromatic N) is 3. The number of aromatic nitrogens is 2. The van der Waals surface area contributed by atoms with Crippen LogP contribution in [0.4, 0.5) is 0 Å². The van der Waals surface area contributed by atoms with Crippen LogP contribution in [-0.4, -0.2) is 59.3 Å². The van der Waals surface area contributed by atoms with E-state index in [1.807, 2.05) is 18.0 Å². The van der Waals surface area contributed by atoms with Crippen LogP contribution in [0.25, 0.3) is 0 Å². The molecule has 0 bridgehead atoms. The zero-order valence-corrected chi connectivity index (χ0v) is 15.2. The molecule has 1 aromatic heterocycles. The van der Waals surface area contributed by atoms with Crippen molar-refractivity contribution in [1.29, 1.82) is 0 Å². The second kappa shape index (κ2) is 7.56. The first-order valence-electron chi connectivity index (χ1n) is 9.20. The molecule has 2 amide bonds. The maximum atomic E-state index is 12.4. The number of fused-ring (bicyclic) bond motifs is 1. The van der Waals surface area contributed by atoms with Crippen LogP contribution >= 0.6 is 0 Å². The summed E-state index contributed by atoms with van der Waals surface area (Å²) in [4.78, 5) is 26.8. The summed E-state index contributed by atoms with van der Waals surface area (Å²) in [5.74, 6) is 0.0835. The first-order valence-corrected chi connectivity index (χ1v) is 9.20. The van der Waals surface area contributed by atoms with Gasteiger partial charge in [0.15, 0.2) is 0 Å². The number of hydrogen-bond acceptors (Lipinski definition) is 4. The van der Waals surface area contributed by atoms with Crippen LogP contribution < -0.4 is 5.32 Å². The third-order valence-corrected chi connectivity index (χ3v) is 5.73. The summed E-state index contributed by atoms with van der Waals surface area (Å²) in [7, 11) is 1.66. The fourth-order valence-corrected chi connectivity index (χ4v) is 4.34. The summed E-state index contributed by atoms with van der Waals surface area (Å²) >= 11 is 0. The molecule has 1 aliphatic heterocycles. The average Bonchev–Trinajstić information content (AvgIpc) is 3.26. The molecule has 0 aromatic carbocycles. The number of nitrogens with one attached hydrogen (secondary N) is 1. The maximum Gasteiger partial charge on any atom is 0.271 e. The Hall–Kier alpha value is -1.89. The molecule has 1 saturated carbocycles. The van der Waals surface area contributed by atoms with Crippen molar-refractivity contribution in [2.45, 2.75) is 51.6 Å². The lowest BCUT2D eigenvalue weighted by atomic mass is 9.74. The quantitative estimate of drug-likeness (QED) is 0.809. The smallest absolute Gasteiger partial charge is 0.271 e. The van der Waals surface area contributed by atoms with Gasteiger partial charge in [-0.1, -0.05) is 6.42 Å². The van der Waals surface area contributed by atoms with Gasteiger partial charge in [-0.05, 0) is 32.3 Å². The SMILES string of the molecule is CCn1ccc(C(=O)NC[C@@]23CCC[C@H]2N(CCOC)C(=O)CC3)n1. The van der Waals surface area contributed by atoms with E-state index in [9.17, 15) is 9.59 Å². The van der Waals surface area contributed by atoms with Gasteiger partial charge in [0, 0.05) is 50.8 Å². The zero-order chi connectivity index (χ0) is 17.9. The van der Waals surface area contributed by atoms with E-state index in [0.29, 0.717) is 31.8 Å². The van der Waals surface area contributed by atoms with Gasteiger partial charge < -0.3 is 15.0 Å². The molecule has 2 atom stereocenters. The van der Waals surface area contributed by atoms with Crippen molar-refractivity contribution in [3.8, 4) is 0 Å². The Morgan fingerprint density at radius 2 is 2.32 bits per heavy atom. The number of aryl methyl sites for hydroxylation is 1. The minimum atomic E-state index is -0.132. The lowest BCUT2D eigenvalue weighted by Crippen LogP contribution is -2.56. The van der Waals surface area contributed by atoms with Crippen molar-refractivity contribution in [3.63, 3.8) is 0 Å². The second-order valence-corrected chi connectivity index (χ2v) is 7.09. The molecule has 0 unspecified atom stereocenters. The average molecular weight is 348 g/mol. The fraction of sp³-hybridized carbons (Fsp3) is 0.722. The first-order chi connectivity index (χ1) is 12.1. The number of amides is 2. The van der Waals surface area contributed by atoms with Gasteiger partial charge in [-0.3, -0.25) is 14.3 Å². The third-order valence-electron chi connectivity index (χ3n) is 5.73. The Labute approximate surface area is 148 Å². The van der Waals surface area contributed by atoms with E-state index in [4.69, 9.17) is 4.74 Å². The monoisotopic (exact) mass is 348 g/mol. The van der Waals surface area contributed by atoms with Gasteiger partial charge in [-0.2, -0.15) is 5.10 Å². The van der Waals surface area contributed by atoms with Gasteiger partial charge in [0.2, 0.25) is 5.91 Å².